The van der Waals surface area contributed by atoms with E-state index >= 15 is 0 Å². The third-order valence-electron chi connectivity index (χ3n) is 7.82. The van der Waals surface area contributed by atoms with E-state index in [1.165, 1.54) is 36.8 Å². The zero-order chi connectivity index (χ0) is 24.3. The Balaban J connectivity index is 1.75. The van der Waals surface area contributed by atoms with Gasteiger partial charge in [0.1, 0.15) is 5.75 Å². The summed E-state index contributed by atoms with van der Waals surface area (Å²) in [4.78, 5) is 19.4. The number of amides is 1. The van der Waals surface area contributed by atoms with Crippen LogP contribution >= 0.6 is 0 Å². The fraction of sp³-hybridized carbons (Fsp3) is 0.483. The van der Waals surface area contributed by atoms with Gasteiger partial charge in [0.25, 0.3) is 5.91 Å². The van der Waals surface area contributed by atoms with Crippen LogP contribution in [0.25, 0.3) is 0 Å². The molecule has 0 saturated carbocycles. The van der Waals surface area contributed by atoms with Gasteiger partial charge in [0.05, 0.1) is 13.2 Å². The minimum absolute atomic E-state index is 0.0297. The number of carbonyl (C=O) groups excluding carboxylic acids is 1. The molecule has 0 radical (unpaired) electrons. The van der Waals surface area contributed by atoms with E-state index in [0.29, 0.717) is 6.04 Å². The highest BCUT2D eigenvalue weighted by molar-refractivity contribution is 5.93. The Morgan fingerprint density at radius 2 is 1.94 bits per heavy atom. The quantitative estimate of drug-likeness (QED) is 0.519. The predicted molar refractivity (Wildman–Crippen MR) is 138 cm³/mol. The largest absolute Gasteiger partial charge is 0.497 e. The van der Waals surface area contributed by atoms with E-state index in [1.807, 2.05) is 24.3 Å². The molecule has 2 aromatic carbocycles. The second kappa shape index (κ2) is 10.3. The first-order chi connectivity index (χ1) is 16.4. The highest BCUT2D eigenvalue weighted by atomic mass is 16.5. The molecule has 5 heteroatoms. The normalized spacial score (nSPS) is 24.2. The van der Waals surface area contributed by atoms with Crippen molar-refractivity contribution in [2.75, 3.05) is 40.8 Å². The van der Waals surface area contributed by atoms with Gasteiger partial charge in [-0.15, -0.1) is 6.58 Å². The van der Waals surface area contributed by atoms with E-state index < -0.39 is 0 Å². The SMILES string of the molecule is C=CCN1CCCC1(C)C1CCCN1C(c1ccc(C(=O)N(C)C)cc1)c1cccc(OC)c1. The molecular formula is C29H39N3O2. The van der Waals surface area contributed by atoms with Crippen molar-refractivity contribution in [1.82, 2.24) is 14.7 Å². The molecule has 2 aliphatic heterocycles. The number of rotatable bonds is 8. The van der Waals surface area contributed by atoms with E-state index in [9.17, 15) is 4.79 Å². The molecule has 3 unspecified atom stereocenters. The van der Waals surface area contributed by atoms with Crippen LogP contribution in [0.1, 0.15) is 60.1 Å². The molecule has 0 aromatic heterocycles. The van der Waals surface area contributed by atoms with Crippen LogP contribution in [0, 0.1) is 0 Å². The van der Waals surface area contributed by atoms with Gasteiger partial charge in [-0.1, -0.05) is 30.3 Å². The van der Waals surface area contributed by atoms with E-state index in [-0.39, 0.29) is 17.5 Å². The number of ether oxygens (including phenoxy) is 1. The van der Waals surface area contributed by atoms with Crippen LogP contribution in [-0.4, -0.2) is 73.0 Å². The Bertz CT molecular complexity index is 1000. The molecule has 1 amide bonds. The van der Waals surface area contributed by atoms with Crippen LogP contribution in [0.2, 0.25) is 0 Å². The lowest BCUT2D eigenvalue weighted by molar-refractivity contribution is 0.0497. The van der Waals surface area contributed by atoms with Crippen molar-refractivity contribution in [3.63, 3.8) is 0 Å². The van der Waals surface area contributed by atoms with Gasteiger partial charge in [0.2, 0.25) is 0 Å². The number of nitrogens with zero attached hydrogens (tertiary/aromatic N) is 3. The Labute approximate surface area is 205 Å². The minimum Gasteiger partial charge on any atom is -0.497 e. The lowest BCUT2D eigenvalue weighted by Gasteiger charge is -2.46. The Hall–Kier alpha value is -2.63. The second-order valence-electron chi connectivity index (χ2n) is 10.1. The molecule has 2 fully saturated rings. The summed E-state index contributed by atoms with van der Waals surface area (Å²) in [6.07, 6.45) is 6.88. The predicted octanol–water partition coefficient (Wildman–Crippen LogP) is 4.99. The third kappa shape index (κ3) is 4.64. The van der Waals surface area contributed by atoms with Gasteiger partial charge in [0, 0.05) is 37.8 Å². The summed E-state index contributed by atoms with van der Waals surface area (Å²) in [6, 6.07) is 17.2. The first kappa shape index (κ1) is 24.5. The van der Waals surface area contributed by atoms with Gasteiger partial charge >= 0.3 is 0 Å². The number of hydrogen-bond donors (Lipinski definition) is 0. The molecule has 2 heterocycles. The maximum absolute atomic E-state index is 12.5. The molecule has 0 bridgehead atoms. The lowest BCUT2D eigenvalue weighted by Crippen LogP contribution is -2.56. The fourth-order valence-electron chi connectivity index (χ4n) is 6.09. The maximum atomic E-state index is 12.5. The van der Waals surface area contributed by atoms with Crippen LogP contribution < -0.4 is 4.74 Å². The van der Waals surface area contributed by atoms with Gasteiger partial charge in [-0.25, -0.2) is 0 Å². The molecule has 0 spiro atoms. The summed E-state index contributed by atoms with van der Waals surface area (Å²) in [7, 11) is 5.31. The molecular weight excluding hydrogens is 422 g/mol. The number of benzene rings is 2. The van der Waals surface area contributed by atoms with E-state index in [4.69, 9.17) is 4.74 Å². The lowest BCUT2D eigenvalue weighted by atomic mass is 9.85. The third-order valence-corrected chi connectivity index (χ3v) is 7.82. The van der Waals surface area contributed by atoms with Crippen LogP contribution in [0.5, 0.6) is 5.75 Å². The number of likely N-dealkylation sites (tertiary alicyclic amines) is 2. The van der Waals surface area contributed by atoms with Gasteiger partial charge in [-0.2, -0.15) is 0 Å². The molecule has 3 atom stereocenters. The first-order valence-electron chi connectivity index (χ1n) is 12.5. The molecule has 2 aliphatic rings. The van der Waals surface area contributed by atoms with Gasteiger partial charge in [0.15, 0.2) is 0 Å². The van der Waals surface area contributed by atoms with Gasteiger partial charge in [-0.05, 0) is 81.1 Å². The van der Waals surface area contributed by atoms with Crippen LogP contribution in [0.15, 0.2) is 61.2 Å². The fourth-order valence-corrected chi connectivity index (χ4v) is 6.09. The zero-order valence-electron chi connectivity index (χ0n) is 21.2. The molecule has 4 rings (SSSR count). The average molecular weight is 462 g/mol. The number of hydrogen-bond acceptors (Lipinski definition) is 4. The highest BCUT2D eigenvalue weighted by Gasteiger charge is 2.48. The monoisotopic (exact) mass is 461 g/mol. The zero-order valence-corrected chi connectivity index (χ0v) is 21.2. The standard InChI is InChI=1S/C29H39N3O2/c1-6-18-31-19-9-17-29(31,2)26-12-8-20-32(26)27(24-10-7-11-25(21-24)34-5)22-13-15-23(16-14-22)28(33)30(3)4/h6-7,10-11,13-16,21,26-27H,1,8-9,12,17-20H2,2-5H3. The number of methoxy groups -OCH3 is 1. The highest BCUT2D eigenvalue weighted by Crippen LogP contribution is 2.44. The smallest absolute Gasteiger partial charge is 0.253 e. The molecule has 0 aliphatic carbocycles. The summed E-state index contributed by atoms with van der Waals surface area (Å²) in [5.74, 6) is 0.903. The van der Waals surface area contributed by atoms with Crippen molar-refractivity contribution >= 4 is 5.91 Å². The summed E-state index contributed by atoms with van der Waals surface area (Å²) >= 11 is 0. The van der Waals surface area contributed by atoms with Crippen LogP contribution in [0.3, 0.4) is 0 Å². The van der Waals surface area contributed by atoms with Crippen molar-refractivity contribution in [1.29, 1.82) is 0 Å². The maximum Gasteiger partial charge on any atom is 0.253 e. The number of carbonyl (C=O) groups is 1. The van der Waals surface area contributed by atoms with Crippen molar-refractivity contribution in [3.8, 4) is 5.75 Å². The summed E-state index contributed by atoms with van der Waals surface area (Å²) in [5, 5.41) is 0. The molecule has 5 nitrogen and oxygen atoms in total. The van der Waals surface area contributed by atoms with Crippen molar-refractivity contribution in [2.24, 2.45) is 0 Å². The van der Waals surface area contributed by atoms with E-state index in [1.54, 1.807) is 26.1 Å². The topological polar surface area (TPSA) is 36.0 Å². The molecule has 2 aromatic rings. The van der Waals surface area contributed by atoms with Gasteiger partial charge < -0.3 is 9.64 Å². The molecule has 34 heavy (non-hydrogen) atoms. The van der Waals surface area contributed by atoms with E-state index in [0.717, 1.165) is 30.9 Å². The van der Waals surface area contributed by atoms with Crippen molar-refractivity contribution in [3.05, 3.63) is 77.9 Å². The van der Waals surface area contributed by atoms with Crippen molar-refractivity contribution in [2.45, 2.75) is 50.2 Å². The summed E-state index contributed by atoms with van der Waals surface area (Å²) in [5.41, 5.74) is 3.29. The van der Waals surface area contributed by atoms with Gasteiger partial charge in [-0.3, -0.25) is 14.6 Å². The van der Waals surface area contributed by atoms with Crippen LogP contribution in [-0.2, 0) is 0 Å². The van der Waals surface area contributed by atoms with Crippen LogP contribution in [0.4, 0.5) is 0 Å². The first-order valence-corrected chi connectivity index (χ1v) is 12.5. The molecule has 0 N–H and O–H groups in total. The van der Waals surface area contributed by atoms with Crippen molar-refractivity contribution < 1.29 is 9.53 Å². The minimum atomic E-state index is 0.0297. The van der Waals surface area contributed by atoms with E-state index in [2.05, 4.69) is 53.6 Å². The Morgan fingerprint density at radius 3 is 2.62 bits per heavy atom. The Morgan fingerprint density at radius 1 is 1.18 bits per heavy atom. The Kier molecular flexibility index (Phi) is 7.44. The molecule has 182 valence electrons. The summed E-state index contributed by atoms with van der Waals surface area (Å²) in [6.45, 7) is 9.60. The summed E-state index contributed by atoms with van der Waals surface area (Å²) < 4.78 is 5.59. The second-order valence-corrected chi connectivity index (χ2v) is 10.1. The average Bonchev–Trinajstić information content (AvgIpc) is 3.47. The molecule has 2 saturated heterocycles.